The molecule has 2 aromatic rings. The smallest absolute Gasteiger partial charge is 0.236 e. The normalized spacial score (nSPS) is 14.1. The second-order valence-corrected chi connectivity index (χ2v) is 7.00. The van der Waals surface area contributed by atoms with Crippen LogP contribution in [0.3, 0.4) is 0 Å². The molecule has 1 saturated heterocycles. The van der Waals surface area contributed by atoms with Gasteiger partial charge in [0.2, 0.25) is 11.8 Å². The first-order valence-electron chi connectivity index (χ1n) is 9.63. The highest BCUT2D eigenvalue weighted by Gasteiger charge is 2.25. The van der Waals surface area contributed by atoms with E-state index in [0.717, 1.165) is 16.9 Å². The average molecular weight is 383 g/mol. The molecule has 5 nitrogen and oxygen atoms in total. The molecule has 0 spiro atoms. The van der Waals surface area contributed by atoms with Crippen LogP contribution in [0.5, 0.6) is 0 Å². The van der Waals surface area contributed by atoms with Gasteiger partial charge in [0.05, 0.1) is 0 Å². The highest BCUT2D eigenvalue weighted by atomic mass is 19.1. The summed E-state index contributed by atoms with van der Waals surface area (Å²) in [5.74, 6) is -0.584. The Morgan fingerprint density at radius 1 is 1.04 bits per heavy atom. The molecule has 0 N–H and O–H groups in total. The number of carbonyl (C=O) groups excluding carboxylic acids is 2. The lowest BCUT2D eigenvalue weighted by atomic mass is 10.2. The Labute approximate surface area is 165 Å². The summed E-state index contributed by atoms with van der Waals surface area (Å²) in [5.41, 5.74) is 2.84. The van der Waals surface area contributed by atoms with Crippen LogP contribution in [-0.2, 0) is 9.59 Å². The van der Waals surface area contributed by atoms with Gasteiger partial charge in [-0.25, -0.2) is 4.39 Å². The predicted molar refractivity (Wildman–Crippen MR) is 109 cm³/mol. The number of hydrogen-bond acceptors (Lipinski definition) is 3. The first-order valence-corrected chi connectivity index (χ1v) is 9.63. The molecular formula is C22H26FN3O2. The van der Waals surface area contributed by atoms with Crippen LogP contribution in [0.4, 0.5) is 15.8 Å². The standard InChI is InChI=1S/C22H26FN3O2/c1-3-26(20-6-4-5-17(2)15-20)22(28)16-21(27)25-13-11-24(12-14-25)19-9-7-18(23)8-10-19/h4-10,15H,3,11-14,16H2,1-2H3. The lowest BCUT2D eigenvalue weighted by Crippen LogP contribution is -2.49. The van der Waals surface area contributed by atoms with Gasteiger partial charge < -0.3 is 14.7 Å². The molecule has 0 atom stereocenters. The number of benzene rings is 2. The molecule has 3 rings (SSSR count). The summed E-state index contributed by atoms with van der Waals surface area (Å²) in [4.78, 5) is 30.8. The summed E-state index contributed by atoms with van der Waals surface area (Å²) in [6.07, 6.45) is -0.127. The molecule has 1 aliphatic rings. The summed E-state index contributed by atoms with van der Waals surface area (Å²) in [5, 5.41) is 0. The number of piperazine rings is 1. The number of aryl methyl sites for hydroxylation is 1. The third-order valence-corrected chi connectivity index (χ3v) is 5.06. The van der Waals surface area contributed by atoms with Gasteiger partial charge in [-0.2, -0.15) is 0 Å². The zero-order valence-corrected chi connectivity index (χ0v) is 16.4. The van der Waals surface area contributed by atoms with E-state index in [-0.39, 0.29) is 24.1 Å². The third kappa shape index (κ3) is 4.68. The number of anilines is 2. The van der Waals surface area contributed by atoms with E-state index < -0.39 is 0 Å². The molecule has 0 aromatic heterocycles. The zero-order chi connectivity index (χ0) is 20.1. The summed E-state index contributed by atoms with van der Waals surface area (Å²) < 4.78 is 13.1. The minimum Gasteiger partial charge on any atom is -0.368 e. The molecule has 1 fully saturated rings. The maximum Gasteiger partial charge on any atom is 0.236 e. The van der Waals surface area contributed by atoms with Crippen LogP contribution in [0.1, 0.15) is 18.9 Å². The van der Waals surface area contributed by atoms with Crippen molar-refractivity contribution in [2.45, 2.75) is 20.3 Å². The summed E-state index contributed by atoms with van der Waals surface area (Å²) >= 11 is 0. The fourth-order valence-electron chi connectivity index (χ4n) is 3.50. The van der Waals surface area contributed by atoms with Crippen LogP contribution in [0.25, 0.3) is 0 Å². The lowest BCUT2D eigenvalue weighted by Gasteiger charge is -2.36. The van der Waals surface area contributed by atoms with Crippen molar-refractivity contribution in [2.75, 3.05) is 42.5 Å². The molecule has 1 aliphatic heterocycles. The Hall–Kier alpha value is -2.89. The molecule has 0 saturated carbocycles. The van der Waals surface area contributed by atoms with Gasteiger partial charge in [0.15, 0.2) is 0 Å². The Kier molecular flexibility index (Phi) is 6.29. The molecule has 2 aromatic carbocycles. The number of rotatable bonds is 5. The van der Waals surface area contributed by atoms with E-state index in [1.807, 2.05) is 38.1 Å². The van der Waals surface area contributed by atoms with Crippen molar-refractivity contribution >= 4 is 23.2 Å². The lowest BCUT2D eigenvalue weighted by molar-refractivity contribution is -0.135. The molecule has 6 heteroatoms. The molecular weight excluding hydrogens is 357 g/mol. The van der Waals surface area contributed by atoms with E-state index in [0.29, 0.717) is 32.7 Å². The van der Waals surface area contributed by atoms with Crippen LogP contribution in [0.15, 0.2) is 48.5 Å². The van der Waals surface area contributed by atoms with Gasteiger partial charge in [0.25, 0.3) is 0 Å². The second kappa shape index (κ2) is 8.87. The van der Waals surface area contributed by atoms with Gasteiger partial charge in [-0.15, -0.1) is 0 Å². The zero-order valence-electron chi connectivity index (χ0n) is 16.4. The predicted octanol–water partition coefficient (Wildman–Crippen LogP) is 3.23. The van der Waals surface area contributed by atoms with Gasteiger partial charge in [-0.3, -0.25) is 9.59 Å². The fraction of sp³-hybridized carbons (Fsp3) is 0.364. The van der Waals surface area contributed by atoms with E-state index in [9.17, 15) is 14.0 Å². The first kappa shape index (κ1) is 19.9. The van der Waals surface area contributed by atoms with E-state index in [4.69, 9.17) is 0 Å². The molecule has 28 heavy (non-hydrogen) atoms. The van der Waals surface area contributed by atoms with Crippen LogP contribution >= 0.6 is 0 Å². The quantitative estimate of drug-likeness (QED) is 0.745. The number of carbonyl (C=O) groups is 2. The van der Waals surface area contributed by atoms with E-state index in [1.54, 1.807) is 21.9 Å². The monoisotopic (exact) mass is 383 g/mol. The van der Waals surface area contributed by atoms with E-state index >= 15 is 0 Å². The second-order valence-electron chi connectivity index (χ2n) is 7.00. The number of nitrogens with zero attached hydrogens (tertiary/aromatic N) is 3. The highest BCUT2D eigenvalue weighted by Crippen LogP contribution is 2.19. The molecule has 0 radical (unpaired) electrons. The van der Waals surface area contributed by atoms with Gasteiger partial charge in [-0.05, 0) is 55.8 Å². The molecule has 0 bridgehead atoms. The maximum atomic E-state index is 13.1. The summed E-state index contributed by atoms with van der Waals surface area (Å²) in [6.45, 7) is 6.86. The van der Waals surface area contributed by atoms with Crippen molar-refractivity contribution in [1.82, 2.24) is 4.90 Å². The molecule has 2 amide bonds. The van der Waals surface area contributed by atoms with Gasteiger partial charge in [-0.1, -0.05) is 12.1 Å². The number of halogens is 1. The third-order valence-electron chi connectivity index (χ3n) is 5.06. The van der Waals surface area contributed by atoms with Crippen molar-refractivity contribution in [3.8, 4) is 0 Å². The first-order chi connectivity index (χ1) is 13.5. The minimum absolute atomic E-state index is 0.127. The van der Waals surface area contributed by atoms with Crippen molar-refractivity contribution in [2.24, 2.45) is 0 Å². The highest BCUT2D eigenvalue weighted by molar-refractivity contribution is 6.05. The number of amides is 2. The SMILES string of the molecule is CCN(C(=O)CC(=O)N1CCN(c2ccc(F)cc2)CC1)c1cccc(C)c1. The summed E-state index contributed by atoms with van der Waals surface area (Å²) in [7, 11) is 0. The fourth-order valence-corrected chi connectivity index (χ4v) is 3.50. The minimum atomic E-state index is -0.259. The average Bonchev–Trinajstić information content (AvgIpc) is 2.69. The Morgan fingerprint density at radius 2 is 1.71 bits per heavy atom. The number of hydrogen-bond donors (Lipinski definition) is 0. The molecule has 0 unspecified atom stereocenters. The molecule has 0 aliphatic carbocycles. The van der Waals surface area contributed by atoms with Crippen molar-refractivity contribution in [1.29, 1.82) is 0 Å². The molecule has 148 valence electrons. The maximum absolute atomic E-state index is 13.1. The Morgan fingerprint density at radius 3 is 2.32 bits per heavy atom. The van der Waals surface area contributed by atoms with Crippen molar-refractivity contribution in [3.63, 3.8) is 0 Å². The van der Waals surface area contributed by atoms with Gasteiger partial charge in [0, 0.05) is 44.1 Å². The Balaban J connectivity index is 1.56. The summed E-state index contributed by atoms with van der Waals surface area (Å²) in [6, 6.07) is 14.1. The van der Waals surface area contributed by atoms with E-state index in [1.165, 1.54) is 12.1 Å². The van der Waals surface area contributed by atoms with Gasteiger partial charge in [0.1, 0.15) is 12.2 Å². The topological polar surface area (TPSA) is 43.9 Å². The molecule has 1 heterocycles. The van der Waals surface area contributed by atoms with Crippen LogP contribution < -0.4 is 9.80 Å². The van der Waals surface area contributed by atoms with E-state index in [2.05, 4.69) is 4.90 Å². The van der Waals surface area contributed by atoms with Crippen LogP contribution in [0, 0.1) is 12.7 Å². The Bertz CT molecular complexity index is 830. The largest absolute Gasteiger partial charge is 0.368 e. The van der Waals surface area contributed by atoms with Crippen LogP contribution in [-0.4, -0.2) is 49.4 Å². The van der Waals surface area contributed by atoms with Crippen molar-refractivity contribution in [3.05, 3.63) is 59.9 Å². The van der Waals surface area contributed by atoms with Crippen molar-refractivity contribution < 1.29 is 14.0 Å². The van der Waals surface area contributed by atoms with Gasteiger partial charge >= 0.3 is 0 Å². The van der Waals surface area contributed by atoms with Crippen LogP contribution in [0.2, 0.25) is 0 Å².